The second-order valence-corrected chi connectivity index (χ2v) is 36.6. The molecule has 6 unspecified atom stereocenters. The zero-order valence-electron chi connectivity index (χ0n) is 58.7. The third-order valence-corrected chi connectivity index (χ3v) is 26.3. The van der Waals surface area contributed by atoms with E-state index >= 15 is 0 Å². The number of hydrogen-bond donors (Lipinski definition) is 0. The molecule has 32 nitrogen and oxygen atoms in total. The quantitative estimate of drug-likeness (QED) is 0.130. The molecule has 0 spiro atoms. The van der Waals surface area contributed by atoms with E-state index in [1.54, 1.807) is 55.4 Å². The molecule has 8 fully saturated rings. The van der Waals surface area contributed by atoms with Crippen LogP contribution in [0.5, 0.6) is 0 Å². The molecule has 8 aliphatic heterocycles. The predicted octanol–water partition coefficient (Wildman–Crippen LogP) is 22.3. The van der Waals surface area contributed by atoms with Crippen LogP contribution < -0.4 is 0 Å². The third kappa shape index (κ3) is 44.5. The van der Waals surface area contributed by atoms with E-state index in [1.165, 1.54) is 0 Å². The molecule has 0 bridgehead atoms. The van der Waals surface area contributed by atoms with Gasteiger partial charge in [0.05, 0.1) is 139 Å². The molecule has 40 heteroatoms. The molecule has 616 valence electrons. The van der Waals surface area contributed by atoms with Gasteiger partial charge in [0.25, 0.3) is 0 Å². The van der Waals surface area contributed by atoms with E-state index in [0.29, 0.717) is 98.9 Å². The summed E-state index contributed by atoms with van der Waals surface area (Å²) in [6, 6.07) is 0. The van der Waals surface area contributed by atoms with Crippen molar-refractivity contribution in [3.8, 4) is 0 Å². The largest absolute Gasteiger partial charge is 0.476 e. The molecule has 0 aliphatic carbocycles. The fourth-order valence-electron chi connectivity index (χ4n) is 8.05. The highest BCUT2D eigenvalue weighted by Gasteiger charge is 2.57. The molecule has 8 rings (SSSR count). The summed E-state index contributed by atoms with van der Waals surface area (Å²) in [4.78, 5) is 0. The Balaban J connectivity index is -0.000000160. The van der Waals surface area contributed by atoms with Crippen molar-refractivity contribution < 1.29 is 145 Å². The van der Waals surface area contributed by atoms with Gasteiger partial charge in [0.2, 0.25) is 0 Å². The van der Waals surface area contributed by atoms with Crippen molar-refractivity contribution in [1.82, 2.24) is 0 Å². The van der Waals surface area contributed by atoms with Gasteiger partial charge in [-0.1, -0.05) is 59.4 Å². The number of hydrogen-bond acceptors (Lipinski definition) is 32. The van der Waals surface area contributed by atoms with Gasteiger partial charge >= 0.3 is 62.6 Å². The lowest BCUT2D eigenvalue weighted by molar-refractivity contribution is -0.0885. The zero-order valence-corrected chi connectivity index (χ0v) is 65.8. The Labute approximate surface area is 606 Å². The van der Waals surface area contributed by atoms with Gasteiger partial charge in [-0.3, -0.25) is 109 Å². The van der Waals surface area contributed by atoms with Gasteiger partial charge < -0.3 is 0 Å². The summed E-state index contributed by atoms with van der Waals surface area (Å²) in [5.41, 5.74) is -2.98. The monoisotopic (exact) mass is 1620 g/mol. The molecule has 0 amide bonds. The van der Waals surface area contributed by atoms with E-state index in [1.807, 2.05) is 111 Å². The first-order valence-electron chi connectivity index (χ1n) is 30.8. The highest BCUT2D eigenvalue weighted by molar-refractivity contribution is 7.50. The van der Waals surface area contributed by atoms with Crippen molar-refractivity contribution in [1.29, 1.82) is 0 Å². The molecule has 0 aromatic heterocycles. The van der Waals surface area contributed by atoms with Gasteiger partial charge in [0, 0.05) is 19.3 Å². The molecule has 8 saturated heterocycles. The number of phosphoric ester groups is 8. The van der Waals surface area contributed by atoms with Crippen LogP contribution in [0, 0.1) is 0 Å². The first kappa shape index (κ1) is 117. The average molecular weight is 1630 g/mol. The van der Waals surface area contributed by atoms with Gasteiger partial charge in [0.15, 0.2) is 0 Å². The van der Waals surface area contributed by atoms with E-state index in [0.717, 1.165) is 19.3 Å². The maximum Gasteiger partial charge on any atom is 0.476 e. The second-order valence-electron chi connectivity index (χ2n) is 23.9. The van der Waals surface area contributed by atoms with Crippen molar-refractivity contribution in [3.63, 3.8) is 0 Å². The molecule has 0 aromatic rings. The molecule has 0 saturated carbocycles. The van der Waals surface area contributed by atoms with Crippen LogP contribution in [0.4, 0.5) is 0 Å². The van der Waals surface area contributed by atoms with Crippen LogP contribution in [-0.2, 0) is 145 Å². The van der Waals surface area contributed by atoms with Crippen LogP contribution >= 0.6 is 62.6 Å². The van der Waals surface area contributed by atoms with Crippen molar-refractivity contribution in [2.75, 3.05) is 92.5 Å². The summed E-state index contributed by atoms with van der Waals surface area (Å²) in [6.07, 6.45) is 2.59. The Morgan fingerprint density at radius 2 is 0.560 bits per heavy atom. The van der Waals surface area contributed by atoms with Crippen LogP contribution in [0.1, 0.15) is 251 Å². The van der Waals surface area contributed by atoms with Crippen molar-refractivity contribution in [2.45, 2.75) is 309 Å². The maximum atomic E-state index is 12.0. The predicted molar refractivity (Wildman–Crippen MR) is 395 cm³/mol. The molecule has 8 aliphatic rings. The first-order chi connectivity index (χ1) is 42.0. The van der Waals surface area contributed by atoms with E-state index in [9.17, 15) is 36.5 Å². The van der Waals surface area contributed by atoms with Crippen molar-refractivity contribution in [2.24, 2.45) is 0 Å². The molecule has 6 atom stereocenters. The molecule has 8 heterocycles. The maximum absolute atomic E-state index is 12.0. The van der Waals surface area contributed by atoms with E-state index in [2.05, 4.69) is 0 Å². The third-order valence-electron chi connectivity index (χ3n) is 12.1. The fourth-order valence-corrected chi connectivity index (χ4v) is 20.6. The lowest BCUT2D eigenvalue weighted by atomic mass is 9.90. The summed E-state index contributed by atoms with van der Waals surface area (Å²) in [5, 5.41) is 0. The van der Waals surface area contributed by atoms with Crippen molar-refractivity contribution >= 4 is 62.6 Å². The summed E-state index contributed by atoms with van der Waals surface area (Å²) >= 11 is 0. The lowest BCUT2D eigenvalue weighted by Gasteiger charge is -2.43. The molecule has 0 N–H and O–H groups in total. The zero-order chi connectivity index (χ0) is 71.0. The normalized spacial score (nSPS) is 30.6. The first-order valence-corrected chi connectivity index (χ1v) is 42.5. The Morgan fingerprint density at radius 1 is 0.300 bits per heavy atom. The minimum absolute atomic E-state index is 0. The minimum Gasteiger partial charge on any atom is -0.287 e. The van der Waals surface area contributed by atoms with Crippen LogP contribution in [0.2, 0.25) is 0 Å². The number of phosphoric acid groups is 8. The Bertz CT molecular complexity index is 2450. The topological polar surface area (TPSA) is 358 Å². The van der Waals surface area contributed by atoms with E-state index in [-0.39, 0.29) is 83.8 Å². The lowest BCUT2D eigenvalue weighted by Crippen LogP contribution is -2.41. The van der Waals surface area contributed by atoms with Gasteiger partial charge in [0.1, 0.15) is 11.2 Å². The average Bonchev–Trinajstić information content (AvgIpc) is 1.53. The van der Waals surface area contributed by atoms with Gasteiger partial charge in [-0.05, 0) is 173 Å². The highest BCUT2D eigenvalue weighted by Crippen LogP contribution is 2.65. The Hall–Kier alpha value is 0.880. The summed E-state index contributed by atoms with van der Waals surface area (Å²) in [6.45, 7) is 48.8. The molecular weight excluding hydrogens is 1480 g/mol. The minimum atomic E-state index is -3.36. The number of rotatable bonds is 16. The SMILES string of the molecule is C.C.C.C.C.C.C.C.CCOP1(=O)OC(C)(C)C(C)(C)O1.CCOP1(=O)OC(C)(C)CC(C)(C)O1.CCOP1(=O)OC(C)C(C)O1.CCOP1(=O)OC(C)CC(C)O1.CCOP1(=O)OCC(C)(C)O1.CCOP1(=O)OCCC(C)(C)O1.CCOP1(=O)OCCCO1.CCOP1(=O)OCCO1. The van der Waals surface area contributed by atoms with Gasteiger partial charge in [-0.15, -0.1) is 0 Å². The van der Waals surface area contributed by atoms with Crippen LogP contribution in [0.25, 0.3) is 0 Å². The standard InChI is InChI=1S/C9H19O4P.C8H17O4P.2C7H15O4P.2C6H13O4P.C5H11O4P.C4H9O4P.8CH4/c1-6-11-14(10)12-8(2,3)7-9(4,5)13-14;1-6-10-13(9)11-7(2,3)8(4,5)12-13;1-4-9-12(8)10-6-5-7(2,3)11-12;1-4-9-12(8)10-6(2)5-7(3)11-12;1-4-8-11(7)9-5-6(2,3)10-11;1-4-8-11(7)9-5(2)6(3)10-11;1-2-7-10(6)8-4-3-5-9-10;1-2-6-9(5)7-3-4-8-9;;;;;;;;/h6-7H2,1-5H3;6H2,1-5H3;4-6H2,1-3H3;6-7H,4-5H2,1-3H3;4-5H2,1-3H3;5-6H,4H2,1-3H3;2-5H2,1H3;2-4H2,1H3;8*1H4. The fraction of sp³-hybridized carbons (Fsp3) is 1.00. The van der Waals surface area contributed by atoms with Crippen molar-refractivity contribution in [3.05, 3.63) is 0 Å². The summed E-state index contributed by atoms with van der Waals surface area (Å²) < 4.78 is 212. The Morgan fingerprint density at radius 3 is 0.880 bits per heavy atom. The second kappa shape index (κ2) is 50.6. The van der Waals surface area contributed by atoms with Gasteiger partial charge in [-0.2, -0.15) is 0 Å². The summed E-state index contributed by atoms with van der Waals surface area (Å²) in [5.74, 6) is 0. The highest BCUT2D eigenvalue weighted by atomic mass is 31.2. The molecular formula is C60H144O32P8. The van der Waals surface area contributed by atoms with Crippen LogP contribution in [-0.4, -0.2) is 151 Å². The summed E-state index contributed by atoms with van der Waals surface area (Å²) in [7, 11) is -25.7. The smallest absolute Gasteiger partial charge is 0.287 e. The van der Waals surface area contributed by atoms with Gasteiger partial charge in [-0.25, -0.2) is 36.5 Å². The molecule has 0 aromatic carbocycles. The van der Waals surface area contributed by atoms with Crippen LogP contribution in [0.15, 0.2) is 0 Å². The van der Waals surface area contributed by atoms with E-state index < -0.39 is 96.2 Å². The van der Waals surface area contributed by atoms with Crippen LogP contribution in [0.3, 0.4) is 0 Å². The molecule has 100 heavy (non-hydrogen) atoms. The van der Waals surface area contributed by atoms with E-state index in [4.69, 9.17) is 109 Å². The Kier molecular flexibility index (Phi) is 59.1. The molecule has 0 radical (unpaired) electrons.